The van der Waals surface area contributed by atoms with Gasteiger partial charge in [0.1, 0.15) is 0 Å². The molecule has 1 amide bonds. The van der Waals surface area contributed by atoms with E-state index in [1.807, 2.05) is 23.9 Å². The van der Waals surface area contributed by atoms with Gasteiger partial charge in [0.05, 0.1) is 16.1 Å². The normalized spacial score (nSPS) is 23.6. The van der Waals surface area contributed by atoms with E-state index < -0.39 is 0 Å². The minimum atomic E-state index is 0.203. The number of carbonyl (C=O) groups excluding carboxylic acids is 1. The highest BCUT2D eigenvalue weighted by Gasteiger charge is 2.30. The summed E-state index contributed by atoms with van der Waals surface area (Å²) < 4.78 is 5.75. The number of ether oxygens (including phenoxy) is 1. The molecule has 3 nitrogen and oxygen atoms in total. The molecule has 0 aromatic heterocycles. The molecule has 2 heterocycles. The van der Waals surface area contributed by atoms with Crippen molar-refractivity contribution in [2.75, 3.05) is 24.7 Å². The Labute approximate surface area is 158 Å². The molecule has 0 aliphatic carbocycles. The first-order valence-electron chi connectivity index (χ1n) is 8.57. The summed E-state index contributed by atoms with van der Waals surface area (Å²) in [4.78, 5) is 14.9. The van der Waals surface area contributed by atoms with E-state index >= 15 is 0 Å². The van der Waals surface area contributed by atoms with Crippen LogP contribution in [0.1, 0.15) is 31.2 Å². The maximum Gasteiger partial charge on any atom is 0.223 e. The second-order valence-electron chi connectivity index (χ2n) is 6.41. The molecule has 0 bridgehead atoms. The third kappa shape index (κ3) is 4.60. The number of hydrogen-bond donors (Lipinski definition) is 0. The lowest BCUT2D eigenvalue weighted by molar-refractivity contribution is -0.134. The quantitative estimate of drug-likeness (QED) is 0.722. The number of hydrogen-bond acceptors (Lipinski definition) is 3. The number of amides is 1. The molecule has 2 aliphatic heterocycles. The van der Waals surface area contributed by atoms with Crippen LogP contribution < -0.4 is 0 Å². The highest BCUT2D eigenvalue weighted by Crippen LogP contribution is 2.28. The van der Waals surface area contributed by atoms with Crippen LogP contribution in [0.25, 0.3) is 0 Å². The number of rotatable bonds is 6. The third-order valence-corrected chi connectivity index (χ3v) is 6.73. The minimum Gasteiger partial charge on any atom is -0.376 e. The van der Waals surface area contributed by atoms with E-state index in [-0.39, 0.29) is 12.0 Å². The Hall–Kier alpha value is -0.420. The lowest BCUT2D eigenvalue weighted by atomic mass is 10.1. The van der Waals surface area contributed by atoms with Gasteiger partial charge in [-0.15, -0.1) is 0 Å². The molecule has 3 rings (SSSR count). The lowest BCUT2D eigenvalue weighted by Crippen LogP contribution is -2.44. The predicted molar refractivity (Wildman–Crippen MR) is 101 cm³/mol. The molecule has 1 aromatic carbocycles. The molecule has 0 spiro atoms. The van der Waals surface area contributed by atoms with E-state index in [0.29, 0.717) is 28.9 Å². The Balaban J connectivity index is 1.62. The summed E-state index contributed by atoms with van der Waals surface area (Å²) >= 11 is 14.2. The van der Waals surface area contributed by atoms with E-state index in [2.05, 4.69) is 4.90 Å². The van der Waals surface area contributed by atoms with Crippen LogP contribution in [0, 0.1) is 0 Å². The van der Waals surface area contributed by atoms with Crippen LogP contribution in [0.4, 0.5) is 0 Å². The van der Waals surface area contributed by atoms with Gasteiger partial charge in [0, 0.05) is 31.4 Å². The summed E-state index contributed by atoms with van der Waals surface area (Å²) in [5.74, 6) is 2.38. The third-order valence-electron chi connectivity index (χ3n) is 4.73. The molecule has 2 saturated heterocycles. The van der Waals surface area contributed by atoms with Gasteiger partial charge in [-0.05, 0) is 43.1 Å². The fourth-order valence-corrected chi connectivity index (χ4v) is 5.00. The van der Waals surface area contributed by atoms with Crippen molar-refractivity contribution in [1.29, 1.82) is 0 Å². The van der Waals surface area contributed by atoms with Crippen LogP contribution in [0.5, 0.6) is 0 Å². The standard InChI is InChI=1S/C18H23Cl2NO2S/c19-16-5-1-3-13(18(16)20)6-7-17(22)21(14-8-10-24-12-14)11-15-4-2-9-23-15/h1,3,5,14-15H,2,4,6-12H2. The maximum absolute atomic E-state index is 12.9. The van der Waals surface area contributed by atoms with Crippen LogP contribution >= 0.6 is 35.0 Å². The second kappa shape index (κ2) is 8.79. The van der Waals surface area contributed by atoms with Crippen LogP contribution in [-0.4, -0.2) is 47.6 Å². The highest BCUT2D eigenvalue weighted by atomic mass is 35.5. The molecular weight excluding hydrogens is 365 g/mol. The highest BCUT2D eigenvalue weighted by molar-refractivity contribution is 7.99. The van der Waals surface area contributed by atoms with E-state index in [1.54, 1.807) is 6.07 Å². The molecule has 2 aliphatic rings. The average Bonchev–Trinajstić information content (AvgIpc) is 3.27. The van der Waals surface area contributed by atoms with Crippen molar-refractivity contribution in [2.24, 2.45) is 0 Å². The Morgan fingerprint density at radius 2 is 2.21 bits per heavy atom. The van der Waals surface area contributed by atoms with Gasteiger partial charge in [-0.3, -0.25) is 4.79 Å². The molecule has 0 radical (unpaired) electrons. The Morgan fingerprint density at radius 3 is 2.92 bits per heavy atom. The van der Waals surface area contributed by atoms with E-state index in [0.717, 1.165) is 49.5 Å². The van der Waals surface area contributed by atoms with Crippen LogP contribution in [0.2, 0.25) is 10.0 Å². The summed E-state index contributed by atoms with van der Waals surface area (Å²) in [6, 6.07) is 5.94. The molecule has 6 heteroatoms. The van der Waals surface area contributed by atoms with Crippen molar-refractivity contribution in [1.82, 2.24) is 4.90 Å². The lowest BCUT2D eigenvalue weighted by Gasteiger charge is -2.31. The first-order valence-corrected chi connectivity index (χ1v) is 10.5. The minimum absolute atomic E-state index is 0.203. The molecule has 132 valence electrons. The van der Waals surface area contributed by atoms with Crippen molar-refractivity contribution in [2.45, 2.75) is 44.2 Å². The number of thioether (sulfide) groups is 1. The Morgan fingerprint density at radius 1 is 1.33 bits per heavy atom. The zero-order chi connectivity index (χ0) is 16.9. The number of aryl methyl sites for hydroxylation is 1. The van der Waals surface area contributed by atoms with Crippen molar-refractivity contribution in [3.8, 4) is 0 Å². The first-order chi connectivity index (χ1) is 11.6. The second-order valence-corrected chi connectivity index (χ2v) is 8.35. The first kappa shape index (κ1) is 18.4. The fourth-order valence-electron chi connectivity index (χ4n) is 3.36. The van der Waals surface area contributed by atoms with Gasteiger partial charge in [-0.25, -0.2) is 0 Å². The van der Waals surface area contributed by atoms with Gasteiger partial charge in [0.15, 0.2) is 0 Å². The molecule has 2 unspecified atom stereocenters. The van der Waals surface area contributed by atoms with Gasteiger partial charge in [0.25, 0.3) is 0 Å². The average molecular weight is 388 g/mol. The number of halogens is 2. The molecule has 0 saturated carbocycles. The maximum atomic E-state index is 12.9. The zero-order valence-corrected chi connectivity index (χ0v) is 16.0. The number of nitrogens with zero attached hydrogens (tertiary/aromatic N) is 1. The van der Waals surface area contributed by atoms with Crippen LogP contribution in [-0.2, 0) is 16.0 Å². The van der Waals surface area contributed by atoms with Gasteiger partial charge >= 0.3 is 0 Å². The van der Waals surface area contributed by atoms with Crippen LogP contribution in [0.15, 0.2) is 18.2 Å². The number of carbonyl (C=O) groups is 1. The summed E-state index contributed by atoms with van der Waals surface area (Å²) in [5, 5.41) is 1.11. The predicted octanol–water partition coefficient (Wildman–Crippen LogP) is 4.44. The Bertz CT molecular complexity index is 572. The number of benzene rings is 1. The summed E-state index contributed by atoms with van der Waals surface area (Å²) in [5.41, 5.74) is 0.940. The van der Waals surface area contributed by atoms with Crippen molar-refractivity contribution >= 4 is 40.9 Å². The fraction of sp³-hybridized carbons (Fsp3) is 0.611. The molecule has 2 atom stereocenters. The van der Waals surface area contributed by atoms with E-state index in [9.17, 15) is 4.79 Å². The molecular formula is C18H23Cl2NO2S. The van der Waals surface area contributed by atoms with Gasteiger partial charge in [0.2, 0.25) is 5.91 Å². The zero-order valence-electron chi connectivity index (χ0n) is 13.7. The van der Waals surface area contributed by atoms with E-state index in [1.165, 1.54) is 0 Å². The SMILES string of the molecule is O=C(CCc1cccc(Cl)c1Cl)N(CC1CCCO1)C1CCSC1. The summed E-state index contributed by atoms with van der Waals surface area (Å²) in [6.07, 6.45) is 4.54. The van der Waals surface area contributed by atoms with Crippen LogP contribution in [0.3, 0.4) is 0 Å². The van der Waals surface area contributed by atoms with Gasteiger partial charge in [-0.2, -0.15) is 11.8 Å². The van der Waals surface area contributed by atoms with Crippen molar-refractivity contribution in [3.63, 3.8) is 0 Å². The van der Waals surface area contributed by atoms with E-state index in [4.69, 9.17) is 27.9 Å². The summed E-state index contributed by atoms with van der Waals surface area (Å²) in [7, 11) is 0. The molecule has 1 aromatic rings. The topological polar surface area (TPSA) is 29.5 Å². The molecule has 2 fully saturated rings. The largest absolute Gasteiger partial charge is 0.376 e. The molecule has 0 N–H and O–H groups in total. The smallest absolute Gasteiger partial charge is 0.223 e. The Kier molecular flexibility index (Phi) is 6.73. The van der Waals surface area contributed by atoms with Gasteiger partial charge < -0.3 is 9.64 Å². The van der Waals surface area contributed by atoms with Crippen molar-refractivity contribution in [3.05, 3.63) is 33.8 Å². The molecule has 24 heavy (non-hydrogen) atoms. The van der Waals surface area contributed by atoms with Crippen molar-refractivity contribution < 1.29 is 9.53 Å². The monoisotopic (exact) mass is 387 g/mol. The summed E-state index contributed by atoms with van der Waals surface area (Å²) in [6.45, 7) is 1.55. The van der Waals surface area contributed by atoms with Gasteiger partial charge in [-0.1, -0.05) is 35.3 Å².